The maximum atomic E-state index is 13.7. The molecule has 40 heavy (non-hydrogen) atoms. The molecule has 3 aliphatic heterocycles. The number of likely N-dealkylation sites (tertiary alicyclic amines) is 1. The number of nitrogens with one attached hydrogen (secondary N) is 2. The second kappa shape index (κ2) is 12.5. The molecule has 2 unspecified atom stereocenters. The number of nitriles is 1. The van der Waals surface area contributed by atoms with Gasteiger partial charge in [-0.25, -0.2) is 19.3 Å². The summed E-state index contributed by atoms with van der Waals surface area (Å²) >= 11 is 0. The third-order valence-electron chi connectivity index (χ3n) is 7.43. The van der Waals surface area contributed by atoms with Gasteiger partial charge in [-0.1, -0.05) is 6.08 Å². The minimum Gasteiger partial charge on any atom is -0.356 e. The Labute approximate surface area is 233 Å². The van der Waals surface area contributed by atoms with Gasteiger partial charge in [0.2, 0.25) is 11.9 Å². The number of hydrogen-bond acceptors (Lipinski definition) is 10. The molecule has 2 atom stereocenters. The van der Waals surface area contributed by atoms with Crippen molar-refractivity contribution >= 4 is 34.8 Å². The number of carbonyl (C=O) groups is 1. The predicted molar refractivity (Wildman–Crippen MR) is 152 cm³/mol. The molecule has 0 aromatic carbocycles. The lowest BCUT2D eigenvalue weighted by Crippen LogP contribution is -2.50. The van der Waals surface area contributed by atoms with E-state index < -0.39 is 12.1 Å². The summed E-state index contributed by atoms with van der Waals surface area (Å²) in [5, 5.41) is 15.7. The minimum atomic E-state index is -0.876. The van der Waals surface area contributed by atoms with Gasteiger partial charge in [-0.05, 0) is 44.0 Å². The molecule has 1 amide bonds. The van der Waals surface area contributed by atoms with E-state index in [-0.39, 0.29) is 12.5 Å². The molecule has 11 nitrogen and oxygen atoms in total. The molecule has 5 rings (SSSR count). The van der Waals surface area contributed by atoms with Crippen molar-refractivity contribution in [1.29, 1.82) is 5.26 Å². The van der Waals surface area contributed by atoms with Crippen molar-refractivity contribution in [3.05, 3.63) is 42.4 Å². The zero-order valence-electron chi connectivity index (χ0n) is 22.9. The molecule has 0 saturated carbocycles. The Morgan fingerprint density at radius 3 is 2.67 bits per heavy atom. The molecule has 5 heterocycles. The minimum absolute atomic E-state index is 0.0845. The molecule has 0 bridgehead atoms. The average molecular weight is 547 g/mol. The van der Waals surface area contributed by atoms with Crippen LogP contribution in [0.2, 0.25) is 0 Å². The van der Waals surface area contributed by atoms with E-state index in [1.807, 2.05) is 11.0 Å². The summed E-state index contributed by atoms with van der Waals surface area (Å²) in [7, 11) is 0. The summed E-state index contributed by atoms with van der Waals surface area (Å²) in [6.07, 6.45) is 4.70. The lowest BCUT2D eigenvalue weighted by molar-refractivity contribution is -0.117. The molecule has 2 fully saturated rings. The Morgan fingerprint density at radius 2 is 2.00 bits per heavy atom. The number of aliphatic imine (C=N–C) groups is 1. The van der Waals surface area contributed by atoms with E-state index >= 15 is 0 Å². The van der Waals surface area contributed by atoms with Crippen molar-refractivity contribution in [1.82, 2.24) is 29.7 Å². The van der Waals surface area contributed by atoms with Crippen molar-refractivity contribution in [2.75, 3.05) is 63.0 Å². The van der Waals surface area contributed by atoms with Crippen molar-refractivity contribution in [2.24, 2.45) is 10.9 Å². The molecule has 0 aliphatic carbocycles. The normalized spacial score (nSPS) is 22.0. The highest BCUT2D eigenvalue weighted by Crippen LogP contribution is 2.25. The predicted octanol–water partition coefficient (Wildman–Crippen LogP) is 2.56. The summed E-state index contributed by atoms with van der Waals surface area (Å²) in [5.74, 6) is 0.855. The monoisotopic (exact) mass is 546 g/mol. The molecule has 2 saturated heterocycles. The first-order chi connectivity index (χ1) is 19.4. The number of nitrogens with zero attached hydrogens (tertiary/aromatic N) is 8. The summed E-state index contributed by atoms with van der Waals surface area (Å²) in [6.45, 7) is 9.65. The van der Waals surface area contributed by atoms with Crippen LogP contribution in [-0.4, -0.2) is 106 Å². The second-order valence-corrected chi connectivity index (χ2v) is 10.6. The molecule has 2 N–H and O–H groups in total. The van der Waals surface area contributed by atoms with E-state index in [0.717, 1.165) is 31.8 Å². The Kier molecular flexibility index (Phi) is 8.62. The Balaban J connectivity index is 1.15. The zero-order chi connectivity index (χ0) is 28.1. The highest BCUT2D eigenvalue weighted by molar-refractivity contribution is 5.93. The molecule has 3 aliphatic rings. The van der Waals surface area contributed by atoms with Gasteiger partial charge in [0.1, 0.15) is 23.7 Å². The first-order valence-corrected chi connectivity index (χ1v) is 13.7. The van der Waals surface area contributed by atoms with E-state index in [9.17, 15) is 14.4 Å². The first-order valence-electron chi connectivity index (χ1n) is 13.7. The number of piperazine rings is 1. The number of amides is 1. The maximum Gasteiger partial charge on any atom is 0.239 e. The number of hydrogen-bond donors (Lipinski definition) is 2. The van der Waals surface area contributed by atoms with Gasteiger partial charge in [-0.2, -0.15) is 5.26 Å². The Morgan fingerprint density at radius 1 is 1.18 bits per heavy atom. The largest absolute Gasteiger partial charge is 0.356 e. The quantitative estimate of drug-likeness (QED) is 0.539. The van der Waals surface area contributed by atoms with Gasteiger partial charge < -0.3 is 15.5 Å². The van der Waals surface area contributed by atoms with Gasteiger partial charge in [0.25, 0.3) is 0 Å². The number of carbonyl (C=O) groups excluding carboxylic acids is 1. The number of alkyl halides is 1. The van der Waals surface area contributed by atoms with Gasteiger partial charge in [0.05, 0.1) is 43.3 Å². The number of amidine groups is 1. The fourth-order valence-corrected chi connectivity index (χ4v) is 5.17. The van der Waals surface area contributed by atoms with Crippen molar-refractivity contribution < 1.29 is 9.18 Å². The molecule has 210 valence electrons. The smallest absolute Gasteiger partial charge is 0.239 e. The van der Waals surface area contributed by atoms with E-state index in [0.29, 0.717) is 61.1 Å². The zero-order valence-corrected chi connectivity index (χ0v) is 22.9. The summed E-state index contributed by atoms with van der Waals surface area (Å²) in [4.78, 5) is 36.8. The fraction of sp³-hybridized carbons (Fsp3) is 0.500. The molecular formula is C28H35FN10O. The van der Waals surface area contributed by atoms with Gasteiger partial charge in [0.15, 0.2) is 0 Å². The van der Waals surface area contributed by atoms with Crippen molar-refractivity contribution in [2.45, 2.75) is 32.5 Å². The number of anilines is 3. The molecule has 2 aromatic heterocycles. The van der Waals surface area contributed by atoms with Crippen LogP contribution in [0.25, 0.3) is 5.57 Å². The number of dihydropyridines is 1. The van der Waals surface area contributed by atoms with Crippen LogP contribution in [0.5, 0.6) is 0 Å². The summed E-state index contributed by atoms with van der Waals surface area (Å²) in [5.41, 5.74) is 2.15. The Hall–Kier alpha value is -3.95. The number of halogens is 1. The fourth-order valence-electron chi connectivity index (χ4n) is 5.17. The summed E-state index contributed by atoms with van der Waals surface area (Å²) in [6, 6.07) is 8.11. The highest BCUT2D eigenvalue weighted by atomic mass is 19.1. The van der Waals surface area contributed by atoms with Gasteiger partial charge in [0, 0.05) is 45.0 Å². The van der Waals surface area contributed by atoms with Crippen LogP contribution >= 0.6 is 0 Å². The van der Waals surface area contributed by atoms with Crippen LogP contribution in [0.1, 0.15) is 26.0 Å². The third-order valence-corrected chi connectivity index (χ3v) is 7.43. The standard InChI is InChI=1S/C28H35FN10O/c1-19(2)38-11-9-37(10-12-38)18-26(40)36-25-4-3-23(16-32-25)34-28-31-7-5-24(35-28)21-13-20(14-30)27(33-15-21)39-8-6-22(29)17-39/h3-5,7,13,16,19-20,22H,6,8-12,15,17-18H2,1-2H3,(H,31,34,35)(H,32,36,40). The highest BCUT2D eigenvalue weighted by Gasteiger charge is 2.30. The molecule has 0 radical (unpaired) electrons. The van der Waals surface area contributed by atoms with Crippen molar-refractivity contribution in [3.8, 4) is 6.07 Å². The molecule has 0 spiro atoms. The van der Waals surface area contributed by atoms with Crippen LogP contribution in [0.4, 0.5) is 21.8 Å². The average Bonchev–Trinajstić information content (AvgIpc) is 3.40. The number of aromatic nitrogens is 3. The molecule has 12 heteroatoms. The number of rotatable bonds is 7. The number of pyridine rings is 1. The van der Waals surface area contributed by atoms with E-state index in [2.05, 4.69) is 60.3 Å². The maximum absolute atomic E-state index is 13.7. The first kappa shape index (κ1) is 27.6. The second-order valence-electron chi connectivity index (χ2n) is 10.6. The van der Waals surface area contributed by atoms with E-state index in [1.165, 1.54) is 0 Å². The van der Waals surface area contributed by atoms with E-state index in [4.69, 9.17) is 0 Å². The topological polar surface area (TPSA) is 126 Å². The van der Waals surface area contributed by atoms with Crippen LogP contribution < -0.4 is 10.6 Å². The molecule has 2 aromatic rings. The van der Waals surface area contributed by atoms with Crippen LogP contribution in [0.15, 0.2) is 41.7 Å². The third kappa shape index (κ3) is 6.78. The Bertz CT molecular complexity index is 1300. The van der Waals surface area contributed by atoms with Crippen molar-refractivity contribution in [3.63, 3.8) is 0 Å². The van der Waals surface area contributed by atoms with Gasteiger partial charge in [-0.15, -0.1) is 0 Å². The SMILES string of the molecule is CC(C)N1CCN(CC(=O)Nc2ccc(Nc3nccc(C4=CC(C#N)C(N5CCC(F)C5)=NC4)n3)cn2)CC1. The van der Waals surface area contributed by atoms with Crippen LogP contribution in [-0.2, 0) is 4.79 Å². The summed E-state index contributed by atoms with van der Waals surface area (Å²) < 4.78 is 13.7. The molecular weight excluding hydrogens is 511 g/mol. The van der Waals surface area contributed by atoms with Crippen LogP contribution in [0.3, 0.4) is 0 Å². The lowest BCUT2D eigenvalue weighted by atomic mass is 9.99. The van der Waals surface area contributed by atoms with Gasteiger partial charge in [-0.3, -0.25) is 19.6 Å². The van der Waals surface area contributed by atoms with E-state index in [1.54, 1.807) is 30.6 Å². The lowest BCUT2D eigenvalue weighted by Gasteiger charge is -2.36. The van der Waals surface area contributed by atoms with Gasteiger partial charge >= 0.3 is 0 Å². The van der Waals surface area contributed by atoms with Crippen LogP contribution in [0, 0.1) is 17.2 Å².